The van der Waals surface area contributed by atoms with Crippen LogP contribution < -0.4 is 10.1 Å². The number of benzene rings is 2. The molecule has 1 heterocycles. The summed E-state index contributed by atoms with van der Waals surface area (Å²) in [6, 6.07) is 9.53. The number of methoxy groups -OCH3 is 1. The predicted molar refractivity (Wildman–Crippen MR) is 123 cm³/mol. The molecule has 186 valence electrons. The molecule has 35 heavy (non-hydrogen) atoms. The number of amides is 1. The molecule has 0 fully saturated rings. The normalized spacial score (nSPS) is 11.4. The van der Waals surface area contributed by atoms with Gasteiger partial charge in [0.1, 0.15) is 11.3 Å². The van der Waals surface area contributed by atoms with Gasteiger partial charge in [-0.25, -0.2) is 4.79 Å². The van der Waals surface area contributed by atoms with Crippen molar-refractivity contribution in [3.63, 3.8) is 0 Å². The molecule has 1 aromatic heterocycles. The number of carboxylic acid groups (broad SMARTS) is 1. The van der Waals surface area contributed by atoms with Crippen molar-refractivity contribution < 1.29 is 32.6 Å². The summed E-state index contributed by atoms with van der Waals surface area (Å²) in [7, 11) is 2.47. The molecule has 0 spiro atoms. The fourth-order valence-electron chi connectivity index (χ4n) is 3.68. The second-order valence-corrected chi connectivity index (χ2v) is 8.30. The monoisotopic (exact) mass is 509 g/mol. The largest absolute Gasteiger partial charge is 0.496 e. The quantitative estimate of drug-likeness (QED) is 0.460. The summed E-state index contributed by atoms with van der Waals surface area (Å²) < 4.78 is 47.1. The van der Waals surface area contributed by atoms with Gasteiger partial charge in [0.05, 0.1) is 18.4 Å². The molecule has 0 aliphatic rings. The van der Waals surface area contributed by atoms with Crippen LogP contribution in [0.2, 0.25) is 5.02 Å². The Kier molecular flexibility index (Phi) is 7.74. The molecule has 3 aromatic rings. The number of aromatic nitrogens is 2. The summed E-state index contributed by atoms with van der Waals surface area (Å²) in [6.07, 6.45) is -4.56. The molecule has 0 aliphatic heterocycles. The highest BCUT2D eigenvalue weighted by molar-refractivity contribution is 6.31. The number of carboxylic acids is 1. The van der Waals surface area contributed by atoms with Crippen LogP contribution in [-0.4, -0.2) is 40.4 Å². The maximum Gasteiger partial charge on any atom is 0.433 e. The first-order valence-corrected chi connectivity index (χ1v) is 10.9. The highest BCUT2D eigenvalue weighted by Gasteiger charge is 2.41. The standard InChI is InChI=1S/C24H23ClF3N3O4/c1-13-4-5-15(10-17(13)25)11-18-20(21(24(26,27)28)31(2)30-18)22(32)29-9-8-14-6-7-16(23(33)34)19(12-14)35-3/h4-7,10,12H,8-9,11H2,1-3H3,(H,29,32)(H,33,34). The number of aryl methyl sites for hydroxylation is 2. The van der Waals surface area contributed by atoms with Crippen molar-refractivity contribution in [2.45, 2.75) is 25.9 Å². The first-order chi connectivity index (χ1) is 16.4. The van der Waals surface area contributed by atoms with E-state index in [1.807, 2.05) is 0 Å². The van der Waals surface area contributed by atoms with E-state index in [9.17, 15) is 27.9 Å². The van der Waals surface area contributed by atoms with Crippen LogP contribution in [0.1, 0.15) is 48.8 Å². The molecular weight excluding hydrogens is 487 g/mol. The first-order valence-electron chi connectivity index (χ1n) is 10.5. The fraction of sp³-hybridized carbons (Fsp3) is 0.292. The summed E-state index contributed by atoms with van der Waals surface area (Å²) in [5.41, 5.74) is 0.344. The Hall–Kier alpha value is -3.53. The van der Waals surface area contributed by atoms with Crippen molar-refractivity contribution in [3.8, 4) is 5.75 Å². The summed E-state index contributed by atoms with van der Waals surface area (Å²) in [6.45, 7) is 1.81. The van der Waals surface area contributed by atoms with E-state index in [0.717, 1.165) is 12.6 Å². The number of carbonyl (C=O) groups excluding carboxylic acids is 1. The van der Waals surface area contributed by atoms with Crippen molar-refractivity contribution in [3.05, 3.63) is 80.6 Å². The van der Waals surface area contributed by atoms with E-state index in [-0.39, 0.29) is 36.4 Å². The second-order valence-electron chi connectivity index (χ2n) is 7.90. The van der Waals surface area contributed by atoms with Crippen LogP contribution in [0.5, 0.6) is 5.75 Å². The molecule has 3 rings (SSSR count). The first kappa shape index (κ1) is 26.1. The SMILES string of the molecule is COc1cc(CCNC(=O)c2c(Cc3ccc(C)c(Cl)c3)nn(C)c2C(F)(F)F)ccc1C(=O)O. The third-order valence-corrected chi connectivity index (χ3v) is 5.83. The summed E-state index contributed by atoms with van der Waals surface area (Å²) >= 11 is 6.14. The van der Waals surface area contributed by atoms with Crippen LogP contribution in [0.4, 0.5) is 13.2 Å². The molecule has 0 bridgehead atoms. The molecule has 0 saturated heterocycles. The zero-order valence-electron chi connectivity index (χ0n) is 19.2. The molecule has 11 heteroatoms. The highest BCUT2D eigenvalue weighted by Crippen LogP contribution is 2.34. The minimum absolute atomic E-state index is 0.0103. The van der Waals surface area contributed by atoms with Crippen LogP contribution >= 0.6 is 11.6 Å². The number of alkyl halides is 3. The number of nitrogens with zero attached hydrogens (tertiary/aromatic N) is 2. The Labute approximate surface area is 204 Å². The molecule has 1 amide bonds. The number of carbonyl (C=O) groups is 2. The molecular formula is C24H23ClF3N3O4. The van der Waals surface area contributed by atoms with Crippen molar-refractivity contribution >= 4 is 23.5 Å². The molecule has 0 aliphatic carbocycles. The Balaban J connectivity index is 1.83. The van der Waals surface area contributed by atoms with E-state index in [1.165, 1.54) is 19.2 Å². The lowest BCUT2D eigenvalue weighted by Gasteiger charge is -2.12. The minimum Gasteiger partial charge on any atom is -0.496 e. The topological polar surface area (TPSA) is 93.5 Å². The zero-order valence-corrected chi connectivity index (χ0v) is 19.9. The molecule has 7 nitrogen and oxygen atoms in total. The van der Waals surface area contributed by atoms with E-state index in [2.05, 4.69) is 10.4 Å². The number of aromatic carboxylic acids is 1. The maximum absolute atomic E-state index is 13.8. The van der Waals surface area contributed by atoms with E-state index in [0.29, 0.717) is 20.8 Å². The lowest BCUT2D eigenvalue weighted by molar-refractivity contribution is -0.144. The molecule has 2 aromatic carbocycles. The van der Waals surface area contributed by atoms with E-state index in [4.69, 9.17) is 16.3 Å². The van der Waals surface area contributed by atoms with Crippen molar-refractivity contribution in [1.29, 1.82) is 0 Å². The third kappa shape index (κ3) is 5.94. The fourth-order valence-corrected chi connectivity index (χ4v) is 3.89. The maximum atomic E-state index is 13.8. The number of ether oxygens (including phenoxy) is 1. The Bertz CT molecular complexity index is 1270. The number of hydrogen-bond donors (Lipinski definition) is 2. The second kappa shape index (κ2) is 10.4. The number of rotatable bonds is 8. The summed E-state index contributed by atoms with van der Waals surface area (Å²) in [5.74, 6) is -1.92. The van der Waals surface area contributed by atoms with E-state index in [1.54, 1.807) is 31.2 Å². The van der Waals surface area contributed by atoms with Gasteiger partial charge in [-0.1, -0.05) is 29.8 Å². The predicted octanol–water partition coefficient (Wildman–Crippen LogP) is 4.67. The smallest absolute Gasteiger partial charge is 0.433 e. The lowest BCUT2D eigenvalue weighted by atomic mass is 10.0. The van der Waals surface area contributed by atoms with Crippen LogP contribution in [-0.2, 0) is 26.1 Å². The Morgan fingerprint density at radius 3 is 2.46 bits per heavy atom. The van der Waals surface area contributed by atoms with Gasteiger partial charge in [0, 0.05) is 25.0 Å². The molecule has 0 atom stereocenters. The van der Waals surface area contributed by atoms with Gasteiger partial charge in [-0.2, -0.15) is 18.3 Å². The highest BCUT2D eigenvalue weighted by atomic mass is 35.5. The average Bonchev–Trinajstić information content (AvgIpc) is 3.12. The van der Waals surface area contributed by atoms with Gasteiger partial charge in [-0.3, -0.25) is 9.48 Å². The summed E-state index contributed by atoms with van der Waals surface area (Å²) in [5, 5.41) is 16.1. The number of hydrogen-bond acceptors (Lipinski definition) is 4. The van der Waals surface area contributed by atoms with E-state index >= 15 is 0 Å². The van der Waals surface area contributed by atoms with Crippen molar-refractivity contribution in [2.75, 3.05) is 13.7 Å². The van der Waals surface area contributed by atoms with Crippen molar-refractivity contribution in [1.82, 2.24) is 15.1 Å². The summed E-state index contributed by atoms with van der Waals surface area (Å²) in [4.78, 5) is 24.1. The lowest BCUT2D eigenvalue weighted by Crippen LogP contribution is -2.29. The van der Waals surface area contributed by atoms with Crippen LogP contribution in [0.3, 0.4) is 0 Å². The third-order valence-electron chi connectivity index (χ3n) is 5.42. The Morgan fingerprint density at radius 2 is 1.86 bits per heavy atom. The van der Waals surface area contributed by atoms with Gasteiger partial charge in [0.2, 0.25) is 0 Å². The molecule has 0 unspecified atom stereocenters. The van der Waals surface area contributed by atoms with Gasteiger partial charge in [-0.15, -0.1) is 0 Å². The van der Waals surface area contributed by atoms with Crippen LogP contribution in [0, 0.1) is 6.92 Å². The number of nitrogens with one attached hydrogen (secondary N) is 1. The molecule has 0 saturated carbocycles. The number of halogens is 4. The van der Waals surface area contributed by atoms with E-state index < -0.39 is 29.3 Å². The van der Waals surface area contributed by atoms with Gasteiger partial charge < -0.3 is 15.2 Å². The zero-order chi connectivity index (χ0) is 25.9. The minimum atomic E-state index is -4.79. The van der Waals surface area contributed by atoms with Crippen LogP contribution in [0.15, 0.2) is 36.4 Å². The van der Waals surface area contributed by atoms with Gasteiger partial charge in [-0.05, 0) is 48.2 Å². The van der Waals surface area contributed by atoms with Crippen LogP contribution in [0.25, 0.3) is 0 Å². The van der Waals surface area contributed by atoms with Gasteiger partial charge in [0.15, 0.2) is 5.69 Å². The van der Waals surface area contributed by atoms with Gasteiger partial charge >= 0.3 is 12.1 Å². The van der Waals surface area contributed by atoms with Crippen molar-refractivity contribution in [2.24, 2.45) is 7.05 Å². The average molecular weight is 510 g/mol. The Morgan fingerprint density at radius 1 is 1.17 bits per heavy atom. The van der Waals surface area contributed by atoms with Gasteiger partial charge in [0.25, 0.3) is 5.91 Å². The molecule has 0 radical (unpaired) electrons. The molecule has 2 N–H and O–H groups in total.